The molecule has 98 valence electrons. The van der Waals surface area contributed by atoms with Gasteiger partial charge in [-0.3, -0.25) is 4.79 Å². The van der Waals surface area contributed by atoms with Gasteiger partial charge in [0.15, 0.2) is 0 Å². The zero-order valence-corrected chi connectivity index (χ0v) is 10.8. The van der Waals surface area contributed by atoms with E-state index in [1.165, 1.54) is 7.11 Å². The third-order valence-electron chi connectivity index (χ3n) is 3.02. The average Bonchev–Trinajstić information content (AvgIpc) is 2.77. The van der Waals surface area contributed by atoms with Crippen LogP contribution in [0.1, 0.15) is 26.2 Å². The molecule has 1 aliphatic rings. The number of nitrogens with zero attached hydrogens (tertiary/aromatic N) is 1. The zero-order chi connectivity index (χ0) is 12.8. The summed E-state index contributed by atoms with van der Waals surface area (Å²) in [5.74, 6) is -0.121. The molecular formula is C12H21NO4. The van der Waals surface area contributed by atoms with E-state index in [1.54, 1.807) is 12.0 Å². The molecule has 1 rings (SSSR count). The maximum atomic E-state index is 12.0. The van der Waals surface area contributed by atoms with Crippen LogP contribution in [-0.4, -0.2) is 50.2 Å². The third-order valence-corrected chi connectivity index (χ3v) is 3.02. The Kier molecular flexibility index (Phi) is 5.41. The van der Waals surface area contributed by atoms with Crippen molar-refractivity contribution < 1.29 is 19.1 Å². The number of carbonyl (C=O) groups excluding carboxylic acids is 2. The van der Waals surface area contributed by atoms with Gasteiger partial charge in [-0.25, -0.2) is 4.79 Å². The number of rotatable bonds is 5. The van der Waals surface area contributed by atoms with Gasteiger partial charge in [0.25, 0.3) is 0 Å². The largest absolute Gasteiger partial charge is 0.467 e. The molecular weight excluding hydrogens is 222 g/mol. The van der Waals surface area contributed by atoms with E-state index in [9.17, 15) is 9.59 Å². The van der Waals surface area contributed by atoms with Gasteiger partial charge in [-0.1, -0.05) is 6.92 Å². The number of likely N-dealkylation sites (tertiary alicyclic amines) is 1. The summed E-state index contributed by atoms with van der Waals surface area (Å²) in [5.41, 5.74) is 0. The monoisotopic (exact) mass is 243 g/mol. The maximum Gasteiger partial charge on any atom is 0.328 e. The Labute approximate surface area is 102 Å². The number of methoxy groups -OCH3 is 2. The maximum absolute atomic E-state index is 12.0. The fraction of sp³-hybridized carbons (Fsp3) is 0.833. The van der Waals surface area contributed by atoms with Gasteiger partial charge in [-0.15, -0.1) is 0 Å². The number of hydrogen-bond donors (Lipinski definition) is 0. The summed E-state index contributed by atoms with van der Waals surface area (Å²) < 4.78 is 9.71. The lowest BCUT2D eigenvalue weighted by atomic mass is 10.1. The van der Waals surface area contributed by atoms with Gasteiger partial charge in [0.2, 0.25) is 5.91 Å². The quantitative estimate of drug-likeness (QED) is 0.671. The van der Waals surface area contributed by atoms with Crippen molar-refractivity contribution in [1.29, 1.82) is 0 Å². The van der Waals surface area contributed by atoms with Gasteiger partial charge >= 0.3 is 5.97 Å². The number of ether oxygens (including phenoxy) is 2. The molecule has 0 N–H and O–H groups in total. The molecule has 0 bridgehead atoms. The fourth-order valence-electron chi connectivity index (χ4n) is 2.21. The van der Waals surface area contributed by atoms with Crippen molar-refractivity contribution in [3.05, 3.63) is 0 Å². The SMILES string of the molecule is COCC(C)CC(=O)N1CCCC1C(=O)OC. The summed E-state index contributed by atoms with van der Waals surface area (Å²) in [6.07, 6.45) is 1.99. The number of hydrogen-bond acceptors (Lipinski definition) is 4. The minimum atomic E-state index is -0.387. The predicted octanol–water partition coefficient (Wildman–Crippen LogP) is 0.823. The first-order valence-electron chi connectivity index (χ1n) is 5.96. The molecule has 2 unspecified atom stereocenters. The second-order valence-electron chi connectivity index (χ2n) is 4.53. The van der Waals surface area contributed by atoms with Gasteiger partial charge in [-0.2, -0.15) is 0 Å². The van der Waals surface area contributed by atoms with E-state index in [2.05, 4.69) is 0 Å². The molecule has 0 radical (unpaired) electrons. The minimum Gasteiger partial charge on any atom is -0.467 e. The molecule has 1 heterocycles. The van der Waals surface area contributed by atoms with Crippen molar-refractivity contribution in [2.75, 3.05) is 27.4 Å². The van der Waals surface area contributed by atoms with Gasteiger partial charge in [0.05, 0.1) is 7.11 Å². The lowest BCUT2D eigenvalue weighted by Gasteiger charge is -2.24. The second-order valence-corrected chi connectivity index (χ2v) is 4.53. The van der Waals surface area contributed by atoms with Crippen LogP contribution in [0, 0.1) is 5.92 Å². The summed E-state index contributed by atoms with van der Waals surface area (Å²) >= 11 is 0. The zero-order valence-electron chi connectivity index (χ0n) is 10.8. The smallest absolute Gasteiger partial charge is 0.328 e. The Morgan fingerprint density at radius 1 is 1.41 bits per heavy atom. The average molecular weight is 243 g/mol. The topological polar surface area (TPSA) is 55.8 Å². The first kappa shape index (κ1) is 14.0. The standard InChI is InChI=1S/C12H21NO4/c1-9(8-16-2)7-11(14)13-6-4-5-10(13)12(15)17-3/h9-10H,4-8H2,1-3H3. The van der Waals surface area contributed by atoms with E-state index in [1.807, 2.05) is 6.92 Å². The molecule has 5 heteroatoms. The molecule has 1 saturated heterocycles. The molecule has 0 aliphatic carbocycles. The number of carbonyl (C=O) groups is 2. The van der Waals surface area contributed by atoms with Gasteiger partial charge in [-0.05, 0) is 18.8 Å². The van der Waals surface area contributed by atoms with Crippen LogP contribution in [-0.2, 0) is 19.1 Å². The highest BCUT2D eigenvalue weighted by Gasteiger charge is 2.34. The molecule has 0 saturated carbocycles. The normalized spacial score (nSPS) is 21.4. The van der Waals surface area contributed by atoms with Crippen LogP contribution in [0.4, 0.5) is 0 Å². The van der Waals surface area contributed by atoms with Crippen molar-refractivity contribution in [3.8, 4) is 0 Å². The highest BCUT2D eigenvalue weighted by Crippen LogP contribution is 2.20. The van der Waals surface area contributed by atoms with Crippen molar-refractivity contribution >= 4 is 11.9 Å². The lowest BCUT2D eigenvalue weighted by molar-refractivity contribution is -0.151. The number of esters is 1. The third kappa shape index (κ3) is 3.70. The second kappa shape index (κ2) is 6.59. The van der Waals surface area contributed by atoms with Crippen LogP contribution in [0.2, 0.25) is 0 Å². The van der Waals surface area contributed by atoms with E-state index in [0.717, 1.165) is 6.42 Å². The molecule has 5 nitrogen and oxygen atoms in total. The van der Waals surface area contributed by atoms with Gasteiger partial charge in [0.1, 0.15) is 6.04 Å². The van der Waals surface area contributed by atoms with Crippen LogP contribution >= 0.6 is 0 Å². The molecule has 2 atom stereocenters. The minimum absolute atomic E-state index is 0.0162. The Bertz CT molecular complexity index is 280. The summed E-state index contributed by atoms with van der Waals surface area (Å²) in [7, 11) is 2.98. The van der Waals surface area contributed by atoms with Crippen molar-refractivity contribution in [2.24, 2.45) is 5.92 Å². The predicted molar refractivity (Wildman–Crippen MR) is 62.4 cm³/mol. The molecule has 1 aliphatic heterocycles. The summed E-state index contributed by atoms with van der Waals surface area (Å²) in [5, 5.41) is 0. The Balaban J connectivity index is 2.53. The Morgan fingerprint density at radius 3 is 2.71 bits per heavy atom. The Morgan fingerprint density at radius 2 is 2.12 bits per heavy atom. The summed E-state index contributed by atoms with van der Waals surface area (Å²) in [6, 6.07) is -0.387. The first-order valence-corrected chi connectivity index (χ1v) is 5.96. The number of amides is 1. The molecule has 1 fully saturated rings. The summed E-state index contributed by atoms with van der Waals surface area (Å²) in [4.78, 5) is 25.2. The highest BCUT2D eigenvalue weighted by atomic mass is 16.5. The molecule has 0 aromatic rings. The van der Waals surface area contributed by atoms with Crippen LogP contribution in [0.25, 0.3) is 0 Å². The van der Waals surface area contributed by atoms with Gasteiger partial charge < -0.3 is 14.4 Å². The lowest BCUT2D eigenvalue weighted by Crippen LogP contribution is -2.41. The molecule has 0 spiro atoms. The van der Waals surface area contributed by atoms with Crippen LogP contribution < -0.4 is 0 Å². The highest BCUT2D eigenvalue weighted by molar-refractivity contribution is 5.85. The molecule has 0 aromatic carbocycles. The van der Waals surface area contributed by atoms with Crippen LogP contribution in [0.3, 0.4) is 0 Å². The van der Waals surface area contributed by atoms with E-state index in [0.29, 0.717) is 26.0 Å². The van der Waals surface area contributed by atoms with E-state index >= 15 is 0 Å². The Hall–Kier alpha value is -1.10. The first-order chi connectivity index (χ1) is 8.10. The molecule has 17 heavy (non-hydrogen) atoms. The van der Waals surface area contributed by atoms with E-state index in [4.69, 9.17) is 9.47 Å². The van der Waals surface area contributed by atoms with Crippen molar-refractivity contribution in [1.82, 2.24) is 4.90 Å². The fourth-order valence-corrected chi connectivity index (χ4v) is 2.21. The van der Waals surface area contributed by atoms with Crippen molar-refractivity contribution in [3.63, 3.8) is 0 Å². The van der Waals surface area contributed by atoms with Gasteiger partial charge in [0, 0.05) is 26.7 Å². The van der Waals surface area contributed by atoms with Crippen LogP contribution in [0.5, 0.6) is 0 Å². The molecule has 0 aromatic heterocycles. The summed E-state index contributed by atoms with van der Waals surface area (Å²) in [6.45, 7) is 3.17. The van der Waals surface area contributed by atoms with Crippen molar-refractivity contribution in [2.45, 2.75) is 32.2 Å². The van der Waals surface area contributed by atoms with Crippen LogP contribution in [0.15, 0.2) is 0 Å². The van der Waals surface area contributed by atoms with E-state index in [-0.39, 0.29) is 23.8 Å². The molecule has 1 amide bonds. The van der Waals surface area contributed by atoms with E-state index < -0.39 is 0 Å².